The molecule has 2 rings (SSSR count). The molecule has 0 atom stereocenters. The van der Waals surface area contributed by atoms with Crippen LogP contribution in [-0.4, -0.2) is 6.54 Å². The summed E-state index contributed by atoms with van der Waals surface area (Å²) in [5, 5.41) is 0. The van der Waals surface area contributed by atoms with Crippen LogP contribution in [0.25, 0.3) is 5.57 Å². The molecule has 0 aliphatic heterocycles. The van der Waals surface area contributed by atoms with E-state index < -0.39 is 0 Å². The Kier molecular flexibility index (Phi) is 4.17. The van der Waals surface area contributed by atoms with Crippen molar-refractivity contribution >= 4 is 5.57 Å². The number of hydrogen-bond donors (Lipinski definition) is 1. The van der Waals surface area contributed by atoms with Gasteiger partial charge in [0.1, 0.15) is 0 Å². The van der Waals surface area contributed by atoms with Crippen molar-refractivity contribution in [2.75, 3.05) is 6.54 Å². The normalized spacial score (nSPS) is 15.9. The Morgan fingerprint density at radius 1 is 1.19 bits per heavy atom. The van der Waals surface area contributed by atoms with Crippen molar-refractivity contribution in [3.05, 3.63) is 41.5 Å². The van der Waals surface area contributed by atoms with Crippen molar-refractivity contribution in [2.45, 2.75) is 38.5 Å². The molecule has 1 aromatic carbocycles. The van der Waals surface area contributed by atoms with Gasteiger partial charge in [-0.05, 0) is 61.8 Å². The van der Waals surface area contributed by atoms with E-state index in [1.807, 2.05) is 0 Å². The fraction of sp³-hybridized carbons (Fsp3) is 0.467. The number of benzene rings is 1. The Balaban J connectivity index is 2.11. The molecule has 0 unspecified atom stereocenters. The van der Waals surface area contributed by atoms with Crippen LogP contribution in [0.15, 0.2) is 30.3 Å². The molecule has 1 aliphatic carbocycles. The minimum absolute atomic E-state index is 0.785. The summed E-state index contributed by atoms with van der Waals surface area (Å²) in [7, 11) is 0. The van der Waals surface area contributed by atoms with Gasteiger partial charge in [0.2, 0.25) is 0 Å². The standard InChI is InChI=1S/C15H21N/c16-11-5-7-13-6-4-10-15(12-13)14-8-2-1-3-9-14/h4,6,8,10,12H,1-3,5,7,9,11,16H2. The fourth-order valence-corrected chi connectivity index (χ4v) is 2.33. The summed E-state index contributed by atoms with van der Waals surface area (Å²) in [5.74, 6) is 0. The first-order chi connectivity index (χ1) is 7.90. The summed E-state index contributed by atoms with van der Waals surface area (Å²) in [6.07, 6.45) is 9.81. The third-order valence-electron chi connectivity index (χ3n) is 3.26. The SMILES string of the molecule is NCCCc1cccc(C2=CCCCC2)c1. The molecule has 0 saturated heterocycles. The Morgan fingerprint density at radius 3 is 2.88 bits per heavy atom. The average Bonchev–Trinajstić information content (AvgIpc) is 2.38. The molecular weight excluding hydrogens is 194 g/mol. The number of nitrogens with two attached hydrogens (primary N) is 1. The molecule has 86 valence electrons. The molecule has 1 aromatic rings. The molecule has 0 bridgehead atoms. The molecule has 0 heterocycles. The lowest BCUT2D eigenvalue weighted by Crippen LogP contribution is -2.00. The van der Waals surface area contributed by atoms with E-state index in [2.05, 4.69) is 30.3 Å². The lowest BCUT2D eigenvalue weighted by molar-refractivity contribution is 0.741. The first-order valence-electron chi connectivity index (χ1n) is 6.38. The zero-order valence-electron chi connectivity index (χ0n) is 9.91. The molecule has 0 amide bonds. The van der Waals surface area contributed by atoms with Crippen molar-refractivity contribution in [3.8, 4) is 0 Å². The van der Waals surface area contributed by atoms with Crippen LogP contribution >= 0.6 is 0 Å². The predicted molar refractivity (Wildman–Crippen MR) is 70.3 cm³/mol. The topological polar surface area (TPSA) is 26.0 Å². The number of rotatable bonds is 4. The summed E-state index contributed by atoms with van der Waals surface area (Å²) in [6.45, 7) is 0.785. The van der Waals surface area contributed by atoms with E-state index in [9.17, 15) is 0 Å². The van der Waals surface area contributed by atoms with Gasteiger partial charge in [0.15, 0.2) is 0 Å². The van der Waals surface area contributed by atoms with E-state index >= 15 is 0 Å². The maximum Gasteiger partial charge on any atom is -0.00741 e. The summed E-state index contributed by atoms with van der Waals surface area (Å²) < 4.78 is 0. The molecule has 0 aromatic heterocycles. The van der Waals surface area contributed by atoms with E-state index in [1.165, 1.54) is 36.8 Å². The van der Waals surface area contributed by atoms with Gasteiger partial charge in [-0.15, -0.1) is 0 Å². The van der Waals surface area contributed by atoms with Crippen molar-refractivity contribution in [2.24, 2.45) is 5.73 Å². The lowest BCUT2D eigenvalue weighted by atomic mass is 9.92. The molecule has 0 fully saturated rings. The molecule has 0 spiro atoms. The summed E-state index contributed by atoms with van der Waals surface area (Å²) in [5.41, 5.74) is 9.94. The van der Waals surface area contributed by atoms with Crippen molar-refractivity contribution in [1.82, 2.24) is 0 Å². The summed E-state index contributed by atoms with van der Waals surface area (Å²) in [6, 6.07) is 8.97. The monoisotopic (exact) mass is 215 g/mol. The highest BCUT2D eigenvalue weighted by Crippen LogP contribution is 2.27. The minimum Gasteiger partial charge on any atom is -0.330 e. The van der Waals surface area contributed by atoms with Crippen molar-refractivity contribution in [3.63, 3.8) is 0 Å². The van der Waals surface area contributed by atoms with E-state index in [1.54, 1.807) is 5.57 Å². The Labute approximate surface area is 98.4 Å². The van der Waals surface area contributed by atoms with Gasteiger partial charge in [-0.25, -0.2) is 0 Å². The molecule has 0 radical (unpaired) electrons. The first-order valence-corrected chi connectivity index (χ1v) is 6.38. The quantitative estimate of drug-likeness (QED) is 0.817. The fourth-order valence-electron chi connectivity index (χ4n) is 2.33. The van der Waals surface area contributed by atoms with Gasteiger partial charge in [-0.1, -0.05) is 30.3 Å². The molecule has 1 heteroatoms. The van der Waals surface area contributed by atoms with Crippen LogP contribution in [-0.2, 0) is 6.42 Å². The highest BCUT2D eigenvalue weighted by atomic mass is 14.5. The van der Waals surface area contributed by atoms with Gasteiger partial charge in [-0.2, -0.15) is 0 Å². The van der Waals surface area contributed by atoms with Gasteiger partial charge in [0.25, 0.3) is 0 Å². The highest BCUT2D eigenvalue weighted by Gasteiger charge is 2.06. The molecule has 16 heavy (non-hydrogen) atoms. The second-order valence-electron chi connectivity index (χ2n) is 4.57. The largest absolute Gasteiger partial charge is 0.330 e. The van der Waals surface area contributed by atoms with Crippen LogP contribution in [0.3, 0.4) is 0 Å². The smallest absolute Gasteiger partial charge is 0.00741 e. The Morgan fingerprint density at radius 2 is 2.12 bits per heavy atom. The Bertz CT molecular complexity index is 365. The van der Waals surface area contributed by atoms with E-state index in [-0.39, 0.29) is 0 Å². The third kappa shape index (κ3) is 2.96. The van der Waals surface area contributed by atoms with Gasteiger partial charge >= 0.3 is 0 Å². The highest BCUT2D eigenvalue weighted by molar-refractivity contribution is 5.66. The van der Waals surface area contributed by atoms with Crippen LogP contribution in [0.4, 0.5) is 0 Å². The minimum atomic E-state index is 0.785. The van der Waals surface area contributed by atoms with Gasteiger partial charge in [0, 0.05) is 0 Å². The van der Waals surface area contributed by atoms with E-state index in [4.69, 9.17) is 5.73 Å². The van der Waals surface area contributed by atoms with Gasteiger partial charge in [-0.3, -0.25) is 0 Å². The average molecular weight is 215 g/mol. The second kappa shape index (κ2) is 5.86. The Hall–Kier alpha value is -1.08. The van der Waals surface area contributed by atoms with Gasteiger partial charge < -0.3 is 5.73 Å². The van der Waals surface area contributed by atoms with Crippen molar-refractivity contribution in [1.29, 1.82) is 0 Å². The lowest BCUT2D eigenvalue weighted by Gasteiger charge is -2.13. The number of aryl methyl sites for hydroxylation is 1. The molecule has 0 saturated carbocycles. The van der Waals surface area contributed by atoms with Crippen LogP contribution in [0.2, 0.25) is 0 Å². The number of hydrogen-bond acceptors (Lipinski definition) is 1. The maximum atomic E-state index is 5.55. The molecule has 1 nitrogen and oxygen atoms in total. The third-order valence-corrected chi connectivity index (χ3v) is 3.26. The zero-order chi connectivity index (χ0) is 11.2. The molecule has 1 aliphatic rings. The zero-order valence-corrected chi connectivity index (χ0v) is 9.91. The van der Waals surface area contributed by atoms with Crippen LogP contribution < -0.4 is 5.73 Å². The first kappa shape index (κ1) is 11.4. The van der Waals surface area contributed by atoms with Gasteiger partial charge in [0.05, 0.1) is 0 Å². The van der Waals surface area contributed by atoms with Crippen LogP contribution in [0.1, 0.15) is 43.2 Å². The van der Waals surface area contributed by atoms with Crippen LogP contribution in [0, 0.1) is 0 Å². The second-order valence-corrected chi connectivity index (χ2v) is 4.57. The maximum absolute atomic E-state index is 5.55. The van der Waals surface area contributed by atoms with Crippen molar-refractivity contribution < 1.29 is 0 Å². The molecular formula is C15H21N. The van der Waals surface area contributed by atoms with E-state index in [0.717, 1.165) is 19.4 Å². The summed E-state index contributed by atoms with van der Waals surface area (Å²) >= 11 is 0. The summed E-state index contributed by atoms with van der Waals surface area (Å²) in [4.78, 5) is 0. The predicted octanol–water partition coefficient (Wildman–Crippen LogP) is 3.54. The molecule has 2 N–H and O–H groups in total. The van der Waals surface area contributed by atoms with Crippen LogP contribution in [0.5, 0.6) is 0 Å². The number of allylic oxidation sites excluding steroid dienone is 2. The van der Waals surface area contributed by atoms with E-state index in [0.29, 0.717) is 0 Å².